The molecule has 1 rings (SSSR count). The zero-order valence-electron chi connectivity index (χ0n) is 17.8. The Labute approximate surface area is 183 Å². The molecule has 2 N–H and O–H groups in total. The highest BCUT2D eigenvalue weighted by atomic mass is 127. The van der Waals surface area contributed by atoms with Crippen molar-refractivity contribution < 1.29 is 9.47 Å². The molecule has 1 aliphatic heterocycles. The van der Waals surface area contributed by atoms with Gasteiger partial charge in [-0.05, 0) is 27.3 Å². The second-order valence-corrected chi connectivity index (χ2v) is 6.91. The van der Waals surface area contributed by atoms with Gasteiger partial charge in [-0.2, -0.15) is 0 Å². The van der Waals surface area contributed by atoms with E-state index in [1.807, 2.05) is 0 Å². The minimum atomic E-state index is 0. The zero-order chi connectivity index (χ0) is 19.0. The van der Waals surface area contributed by atoms with Crippen LogP contribution < -0.4 is 10.6 Å². The summed E-state index contributed by atoms with van der Waals surface area (Å²) in [5.41, 5.74) is 0. The number of piperazine rings is 1. The van der Waals surface area contributed by atoms with Gasteiger partial charge < -0.3 is 25.0 Å². The quantitative estimate of drug-likeness (QED) is 0.174. The lowest BCUT2D eigenvalue weighted by Gasteiger charge is -2.35. The fourth-order valence-electron chi connectivity index (χ4n) is 2.75. The third-order valence-corrected chi connectivity index (χ3v) is 4.57. The number of likely N-dealkylation sites (N-methyl/N-ethyl adjacent to an activating group) is 1. The Hall–Kier alpha value is -0.160. The number of aliphatic imine (C=N–C) groups is 1. The van der Waals surface area contributed by atoms with Crippen molar-refractivity contribution in [3.63, 3.8) is 0 Å². The average molecular weight is 499 g/mol. The van der Waals surface area contributed by atoms with Gasteiger partial charge in [0.05, 0.1) is 26.4 Å². The third kappa shape index (κ3) is 13.6. The summed E-state index contributed by atoms with van der Waals surface area (Å²) in [5, 5.41) is 6.65. The topological polar surface area (TPSA) is 61.4 Å². The van der Waals surface area contributed by atoms with Gasteiger partial charge in [0.1, 0.15) is 0 Å². The summed E-state index contributed by atoms with van der Waals surface area (Å²) in [6, 6.07) is 0.468. The van der Waals surface area contributed by atoms with E-state index in [0.717, 1.165) is 64.8 Å². The van der Waals surface area contributed by atoms with Crippen molar-refractivity contribution in [2.24, 2.45) is 4.99 Å². The molecule has 1 unspecified atom stereocenters. The first-order valence-electron chi connectivity index (χ1n) is 10.3. The van der Waals surface area contributed by atoms with Crippen LogP contribution in [-0.4, -0.2) is 101 Å². The van der Waals surface area contributed by atoms with E-state index in [1.54, 1.807) is 0 Å². The number of halogens is 1. The Morgan fingerprint density at radius 3 is 2.30 bits per heavy atom. The van der Waals surface area contributed by atoms with Gasteiger partial charge in [-0.3, -0.25) is 9.89 Å². The second kappa shape index (κ2) is 17.9. The van der Waals surface area contributed by atoms with Gasteiger partial charge in [0.15, 0.2) is 5.96 Å². The smallest absolute Gasteiger partial charge is 0.191 e. The van der Waals surface area contributed by atoms with Crippen molar-refractivity contribution in [2.75, 3.05) is 79.3 Å². The van der Waals surface area contributed by atoms with Crippen LogP contribution in [0.5, 0.6) is 0 Å². The molecule has 0 radical (unpaired) electrons. The molecule has 0 aromatic heterocycles. The fraction of sp³-hybridized carbons (Fsp3) is 0.947. The van der Waals surface area contributed by atoms with Crippen molar-refractivity contribution in [1.82, 2.24) is 20.4 Å². The van der Waals surface area contributed by atoms with Crippen LogP contribution in [0.1, 0.15) is 33.6 Å². The van der Waals surface area contributed by atoms with Crippen LogP contribution in [-0.2, 0) is 9.47 Å². The molecule has 0 aliphatic carbocycles. The molecule has 0 aromatic carbocycles. The Balaban J connectivity index is 0.00000676. The molecular formula is C19H42IN5O2. The maximum absolute atomic E-state index is 5.59. The number of guanidine groups is 1. The van der Waals surface area contributed by atoms with Crippen molar-refractivity contribution in [1.29, 1.82) is 0 Å². The fourth-order valence-corrected chi connectivity index (χ4v) is 2.75. The number of ether oxygens (including phenoxy) is 2. The predicted octanol–water partition coefficient (Wildman–Crippen LogP) is 1.63. The maximum atomic E-state index is 5.59. The van der Waals surface area contributed by atoms with E-state index in [4.69, 9.17) is 14.5 Å². The van der Waals surface area contributed by atoms with E-state index in [9.17, 15) is 0 Å². The van der Waals surface area contributed by atoms with E-state index in [1.165, 1.54) is 6.42 Å². The standard InChI is InChI=1S/C19H41N5O2.HI/c1-5-7-13-25-15-16-26-14-8-21-19(20-6-2)22-17-18(3)24-11-9-23(4)10-12-24;/h18H,5-17H2,1-4H3,(H2,20,21,22);1H. The molecule has 1 fully saturated rings. The van der Waals surface area contributed by atoms with Crippen molar-refractivity contribution >= 4 is 29.9 Å². The minimum absolute atomic E-state index is 0. The number of hydrogen-bond donors (Lipinski definition) is 2. The van der Waals surface area contributed by atoms with Gasteiger partial charge in [0.2, 0.25) is 0 Å². The van der Waals surface area contributed by atoms with E-state index >= 15 is 0 Å². The van der Waals surface area contributed by atoms with Crippen LogP contribution in [0.2, 0.25) is 0 Å². The molecule has 0 saturated carbocycles. The summed E-state index contributed by atoms with van der Waals surface area (Å²) in [6.45, 7) is 16.3. The lowest BCUT2D eigenvalue weighted by atomic mass is 10.2. The summed E-state index contributed by atoms with van der Waals surface area (Å²) >= 11 is 0. The molecule has 27 heavy (non-hydrogen) atoms. The van der Waals surface area contributed by atoms with Crippen LogP contribution in [0, 0.1) is 0 Å². The summed E-state index contributed by atoms with van der Waals surface area (Å²) in [7, 11) is 2.19. The molecule has 1 heterocycles. The average Bonchev–Trinajstić information content (AvgIpc) is 2.65. The first-order chi connectivity index (χ1) is 12.7. The van der Waals surface area contributed by atoms with E-state index in [0.29, 0.717) is 25.9 Å². The van der Waals surface area contributed by atoms with Crippen molar-refractivity contribution in [2.45, 2.75) is 39.7 Å². The van der Waals surface area contributed by atoms with Gasteiger partial charge in [-0.1, -0.05) is 13.3 Å². The predicted molar refractivity (Wildman–Crippen MR) is 124 cm³/mol. The Bertz CT molecular complexity index is 366. The lowest BCUT2D eigenvalue weighted by Crippen LogP contribution is -2.49. The molecular weight excluding hydrogens is 457 g/mol. The Morgan fingerprint density at radius 1 is 1.00 bits per heavy atom. The first-order valence-corrected chi connectivity index (χ1v) is 10.3. The molecule has 0 spiro atoms. The number of nitrogens with one attached hydrogen (secondary N) is 2. The Kier molecular flexibility index (Phi) is 17.8. The molecule has 7 nitrogen and oxygen atoms in total. The summed E-state index contributed by atoms with van der Waals surface area (Å²) in [5.74, 6) is 0.872. The highest BCUT2D eigenvalue weighted by molar-refractivity contribution is 14.0. The van der Waals surface area contributed by atoms with Crippen LogP contribution in [0.4, 0.5) is 0 Å². The molecule has 1 atom stereocenters. The largest absolute Gasteiger partial charge is 0.379 e. The highest BCUT2D eigenvalue weighted by Gasteiger charge is 2.18. The number of hydrogen-bond acceptors (Lipinski definition) is 5. The minimum Gasteiger partial charge on any atom is -0.379 e. The monoisotopic (exact) mass is 499 g/mol. The van der Waals surface area contributed by atoms with E-state index < -0.39 is 0 Å². The zero-order valence-corrected chi connectivity index (χ0v) is 20.2. The van der Waals surface area contributed by atoms with Crippen LogP contribution in [0.25, 0.3) is 0 Å². The third-order valence-electron chi connectivity index (χ3n) is 4.57. The second-order valence-electron chi connectivity index (χ2n) is 6.91. The maximum Gasteiger partial charge on any atom is 0.191 e. The molecule has 0 amide bonds. The number of unbranched alkanes of at least 4 members (excludes halogenated alkanes) is 1. The molecule has 1 saturated heterocycles. The van der Waals surface area contributed by atoms with Gasteiger partial charge in [-0.15, -0.1) is 24.0 Å². The van der Waals surface area contributed by atoms with Gasteiger partial charge >= 0.3 is 0 Å². The molecule has 0 bridgehead atoms. The summed E-state index contributed by atoms with van der Waals surface area (Å²) in [6.07, 6.45) is 2.29. The number of nitrogens with zero attached hydrogens (tertiary/aromatic N) is 3. The lowest BCUT2D eigenvalue weighted by molar-refractivity contribution is 0.0487. The SMILES string of the molecule is CCCCOCCOCCNC(=NCC(C)N1CCN(C)CC1)NCC.I. The molecule has 0 aromatic rings. The van der Waals surface area contributed by atoms with Crippen molar-refractivity contribution in [3.8, 4) is 0 Å². The van der Waals surface area contributed by atoms with E-state index in [-0.39, 0.29) is 24.0 Å². The molecule has 162 valence electrons. The van der Waals surface area contributed by atoms with Gasteiger partial charge in [-0.25, -0.2) is 0 Å². The molecule has 1 aliphatic rings. The summed E-state index contributed by atoms with van der Waals surface area (Å²) in [4.78, 5) is 9.64. The van der Waals surface area contributed by atoms with Gasteiger partial charge in [0, 0.05) is 51.9 Å². The Morgan fingerprint density at radius 2 is 1.67 bits per heavy atom. The highest BCUT2D eigenvalue weighted by Crippen LogP contribution is 2.05. The first kappa shape index (κ1) is 26.8. The van der Waals surface area contributed by atoms with Gasteiger partial charge in [0.25, 0.3) is 0 Å². The van der Waals surface area contributed by atoms with Crippen LogP contribution in [0.15, 0.2) is 4.99 Å². The summed E-state index contributed by atoms with van der Waals surface area (Å²) < 4.78 is 11.1. The van der Waals surface area contributed by atoms with Crippen LogP contribution >= 0.6 is 24.0 Å². The number of rotatable bonds is 13. The van der Waals surface area contributed by atoms with Crippen molar-refractivity contribution in [3.05, 3.63) is 0 Å². The van der Waals surface area contributed by atoms with E-state index in [2.05, 4.69) is 48.3 Å². The van der Waals surface area contributed by atoms with Crippen LogP contribution in [0.3, 0.4) is 0 Å². The normalized spacial score (nSPS) is 17.4. The molecule has 8 heteroatoms.